The summed E-state index contributed by atoms with van der Waals surface area (Å²) in [5.74, 6) is 1.59. The molecular weight excluding hydrogens is 359 g/mol. The standard InChI is InChI=1S/C12H9IN4O2/c1-17-5-4-14-11(17)10-15-12(19-16-10)7-2-3-8(13)9(18)6-7/h2-6,18H,1H3. The normalized spacial score (nSPS) is 10.8. The molecule has 0 saturated carbocycles. The number of nitrogens with zero attached hydrogens (tertiary/aromatic N) is 4. The second-order valence-corrected chi connectivity index (χ2v) is 5.11. The van der Waals surface area contributed by atoms with Gasteiger partial charge >= 0.3 is 0 Å². The van der Waals surface area contributed by atoms with Crippen LogP contribution >= 0.6 is 22.6 Å². The van der Waals surface area contributed by atoms with Crippen LogP contribution in [0.25, 0.3) is 23.1 Å². The van der Waals surface area contributed by atoms with Crippen molar-refractivity contribution in [3.8, 4) is 28.9 Å². The van der Waals surface area contributed by atoms with Crippen molar-refractivity contribution in [3.63, 3.8) is 0 Å². The highest BCUT2D eigenvalue weighted by atomic mass is 127. The van der Waals surface area contributed by atoms with Crippen LogP contribution in [-0.4, -0.2) is 24.8 Å². The molecule has 0 unspecified atom stereocenters. The number of phenolic OH excluding ortho intramolecular Hbond substituents is 1. The predicted molar refractivity (Wildman–Crippen MR) is 76.3 cm³/mol. The van der Waals surface area contributed by atoms with Crippen LogP contribution in [0, 0.1) is 3.57 Å². The molecule has 0 radical (unpaired) electrons. The van der Waals surface area contributed by atoms with Crippen LogP contribution in [0.15, 0.2) is 35.1 Å². The molecule has 0 aliphatic carbocycles. The summed E-state index contributed by atoms with van der Waals surface area (Å²) in [5, 5.41) is 13.6. The average Bonchev–Trinajstić information content (AvgIpc) is 3.01. The third kappa shape index (κ3) is 2.21. The summed E-state index contributed by atoms with van der Waals surface area (Å²) in [6.07, 6.45) is 3.48. The first-order chi connectivity index (χ1) is 9.15. The fourth-order valence-electron chi connectivity index (χ4n) is 1.66. The first kappa shape index (κ1) is 12.2. The van der Waals surface area contributed by atoms with Crippen molar-refractivity contribution >= 4 is 22.6 Å². The van der Waals surface area contributed by atoms with Crippen LogP contribution in [0.5, 0.6) is 5.75 Å². The minimum absolute atomic E-state index is 0.190. The van der Waals surface area contributed by atoms with Gasteiger partial charge in [0.05, 0.1) is 3.57 Å². The second-order valence-electron chi connectivity index (χ2n) is 3.95. The Bertz CT molecular complexity index is 735. The summed E-state index contributed by atoms with van der Waals surface area (Å²) in [6, 6.07) is 5.20. The van der Waals surface area contributed by atoms with E-state index in [-0.39, 0.29) is 5.75 Å². The maximum atomic E-state index is 9.68. The van der Waals surface area contributed by atoms with E-state index in [1.165, 1.54) is 0 Å². The zero-order chi connectivity index (χ0) is 13.4. The maximum absolute atomic E-state index is 9.68. The van der Waals surface area contributed by atoms with Gasteiger partial charge in [0, 0.05) is 25.0 Å². The zero-order valence-corrected chi connectivity index (χ0v) is 12.1. The van der Waals surface area contributed by atoms with Gasteiger partial charge in [-0.3, -0.25) is 0 Å². The first-order valence-electron chi connectivity index (χ1n) is 5.45. The molecule has 0 amide bonds. The van der Waals surface area contributed by atoms with Gasteiger partial charge in [-0.2, -0.15) is 4.98 Å². The Balaban J connectivity index is 2.01. The Hall–Kier alpha value is -1.90. The Labute approximate surface area is 122 Å². The molecule has 0 aliphatic rings. The molecule has 2 heterocycles. The highest BCUT2D eigenvalue weighted by Gasteiger charge is 2.14. The summed E-state index contributed by atoms with van der Waals surface area (Å²) in [5.41, 5.74) is 0.672. The van der Waals surface area contributed by atoms with Crippen molar-refractivity contribution in [2.24, 2.45) is 7.05 Å². The number of aromatic hydroxyl groups is 1. The van der Waals surface area contributed by atoms with Gasteiger partial charge in [-0.15, -0.1) is 0 Å². The molecule has 0 spiro atoms. The van der Waals surface area contributed by atoms with Gasteiger partial charge in [0.2, 0.25) is 5.82 Å². The van der Waals surface area contributed by atoms with Gasteiger partial charge in [0.1, 0.15) is 5.75 Å². The topological polar surface area (TPSA) is 77.0 Å². The summed E-state index contributed by atoms with van der Waals surface area (Å²) < 4.78 is 7.77. The molecule has 3 aromatic rings. The molecule has 19 heavy (non-hydrogen) atoms. The molecule has 96 valence electrons. The number of imidazole rings is 1. The van der Waals surface area contributed by atoms with Crippen molar-refractivity contribution in [1.29, 1.82) is 0 Å². The lowest BCUT2D eigenvalue weighted by atomic mass is 10.2. The molecule has 0 saturated heterocycles. The lowest BCUT2D eigenvalue weighted by molar-refractivity contribution is 0.430. The van der Waals surface area contributed by atoms with Crippen molar-refractivity contribution in [2.75, 3.05) is 0 Å². The number of phenols is 1. The Morgan fingerprint density at radius 3 is 2.89 bits per heavy atom. The van der Waals surface area contributed by atoms with Gasteiger partial charge < -0.3 is 14.2 Å². The van der Waals surface area contributed by atoms with E-state index in [9.17, 15) is 5.11 Å². The summed E-state index contributed by atoms with van der Waals surface area (Å²) in [7, 11) is 1.86. The number of halogens is 1. The number of hydrogen-bond donors (Lipinski definition) is 1. The lowest BCUT2D eigenvalue weighted by Crippen LogP contribution is -1.92. The Kier molecular flexibility index (Phi) is 2.97. The summed E-state index contributed by atoms with van der Waals surface area (Å²) >= 11 is 2.05. The van der Waals surface area contributed by atoms with Crippen LogP contribution in [-0.2, 0) is 7.05 Å². The summed E-state index contributed by atoms with van der Waals surface area (Å²) in [4.78, 5) is 8.43. The molecule has 0 atom stereocenters. The van der Waals surface area contributed by atoms with E-state index in [1.54, 1.807) is 22.9 Å². The minimum atomic E-state index is 0.190. The molecule has 3 rings (SSSR count). The fraction of sp³-hybridized carbons (Fsp3) is 0.0833. The first-order valence-corrected chi connectivity index (χ1v) is 6.53. The number of hydrogen-bond acceptors (Lipinski definition) is 5. The van der Waals surface area contributed by atoms with E-state index in [0.29, 0.717) is 23.1 Å². The number of benzene rings is 1. The van der Waals surface area contributed by atoms with Gasteiger partial charge in [-0.05, 0) is 40.8 Å². The minimum Gasteiger partial charge on any atom is -0.507 e. The molecule has 2 aromatic heterocycles. The number of rotatable bonds is 2. The smallest absolute Gasteiger partial charge is 0.258 e. The van der Waals surface area contributed by atoms with E-state index in [2.05, 4.69) is 15.1 Å². The summed E-state index contributed by atoms with van der Waals surface area (Å²) in [6.45, 7) is 0. The van der Waals surface area contributed by atoms with Crippen molar-refractivity contribution in [2.45, 2.75) is 0 Å². The van der Waals surface area contributed by atoms with Gasteiger partial charge in [0.25, 0.3) is 5.89 Å². The quantitative estimate of drug-likeness (QED) is 0.704. The molecule has 1 aromatic carbocycles. The second kappa shape index (κ2) is 4.65. The SMILES string of the molecule is Cn1ccnc1-c1noc(-c2ccc(I)c(O)c2)n1. The van der Waals surface area contributed by atoms with Crippen LogP contribution in [0.3, 0.4) is 0 Å². The Morgan fingerprint density at radius 1 is 1.37 bits per heavy atom. The maximum Gasteiger partial charge on any atom is 0.258 e. The van der Waals surface area contributed by atoms with Gasteiger partial charge in [0.15, 0.2) is 5.82 Å². The monoisotopic (exact) mass is 368 g/mol. The third-order valence-corrected chi connectivity index (χ3v) is 3.55. The number of aryl methyl sites for hydroxylation is 1. The van der Waals surface area contributed by atoms with E-state index in [4.69, 9.17) is 4.52 Å². The average molecular weight is 368 g/mol. The molecule has 0 fully saturated rings. The van der Waals surface area contributed by atoms with Gasteiger partial charge in [-0.25, -0.2) is 4.98 Å². The molecular formula is C12H9IN4O2. The largest absolute Gasteiger partial charge is 0.507 e. The Morgan fingerprint density at radius 2 is 2.21 bits per heavy atom. The molecule has 0 aliphatic heterocycles. The van der Waals surface area contributed by atoms with Crippen LogP contribution in [0.2, 0.25) is 0 Å². The molecule has 7 heteroatoms. The van der Waals surface area contributed by atoms with Crippen LogP contribution < -0.4 is 0 Å². The van der Waals surface area contributed by atoms with E-state index in [1.807, 2.05) is 41.9 Å². The molecule has 1 N–H and O–H groups in total. The van der Waals surface area contributed by atoms with Crippen LogP contribution in [0.1, 0.15) is 0 Å². The highest BCUT2D eigenvalue weighted by Crippen LogP contribution is 2.27. The van der Waals surface area contributed by atoms with E-state index in [0.717, 1.165) is 3.57 Å². The zero-order valence-electron chi connectivity index (χ0n) is 9.91. The lowest BCUT2D eigenvalue weighted by Gasteiger charge is -1.98. The van der Waals surface area contributed by atoms with Crippen molar-refractivity contribution < 1.29 is 9.63 Å². The predicted octanol–water partition coefficient (Wildman–Crippen LogP) is 2.45. The third-order valence-electron chi connectivity index (χ3n) is 2.64. The van der Waals surface area contributed by atoms with Crippen molar-refractivity contribution in [1.82, 2.24) is 19.7 Å². The van der Waals surface area contributed by atoms with E-state index < -0.39 is 0 Å². The molecule has 6 nitrogen and oxygen atoms in total. The van der Waals surface area contributed by atoms with E-state index >= 15 is 0 Å². The van der Waals surface area contributed by atoms with Crippen molar-refractivity contribution in [3.05, 3.63) is 34.2 Å². The fourth-order valence-corrected chi connectivity index (χ4v) is 1.99. The van der Waals surface area contributed by atoms with Gasteiger partial charge in [-0.1, -0.05) is 5.16 Å². The molecule has 0 bridgehead atoms. The van der Waals surface area contributed by atoms with Crippen LogP contribution in [0.4, 0.5) is 0 Å². The number of aromatic nitrogens is 4. The highest BCUT2D eigenvalue weighted by molar-refractivity contribution is 14.1.